The molecule has 0 spiro atoms. The number of hydrogen-bond donors (Lipinski definition) is 0. The monoisotopic (exact) mass is 308 g/mol. The Morgan fingerprint density at radius 1 is 0.955 bits per heavy atom. The Kier molecular flexibility index (Phi) is 4.26. The molecule has 108 valence electrons. The first kappa shape index (κ1) is 14.4. The fourth-order valence-corrected chi connectivity index (χ4v) is 2.29. The van der Waals surface area contributed by atoms with Crippen molar-refractivity contribution in [1.29, 1.82) is 0 Å². The minimum atomic E-state index is -0.00569. The van der Waals surface area contributed by atoms with Crippen LogP contribution in [0.1, 0.15) is 16.1 Å². The van der Waals surface area contributed by atoms with Crippen molar-refractivity contribution in [2.75, 3.05) is 0 Å². The maximum Gasteiger partial charge on any atom is 0.185 e. The number of carbonyl (C=O) groups is 1. The standard InChI is InChI=1S/C18H13ClN2O/c19-15-6-4-14(5-7-15)17-11-13(8-10-21-17)12-18(22)16-3-1-2-9-20-16/h1-11H,12H2. The second kappa shape index (κ2) is 6.50. The molecule has 3 nitrogen and oxygen atoms in total. The molecular weight excluding hydrogens is 296 g/mol. The molecule has 0 amide bonds. The highest BCUT2D eigenvalue weighted by Crippen LogP contribution is 2.20. The summed E-state index contributed by atoms with van der Waals surface area (Å²) in [4.78, 5) is 20.6. The van der Waals surface area contributed by atoms with Gasteiger partial charge < -0.3 is 0 Å². The topological polar surface area (TPSA) is 42.9 Å². The summed E-state index contributed by atoms with van der Waals surface area (Å²) in [5.41, 5.74) is 3.18. The molecule has 2 aromatic heterocycles. The number of halogens is 1. The van der Waals surface area contributed by atoms with Crippen LogP contribution < -0.4 is 0 Å². The first-order valence-corrected chi connectivity index (χ1v) is 7.25. The van der Waals surface area contributed by atoms with E-state index in [-0.39, 0.29) is 5.78 Å². The van der Waals surface area contributed by atoms with E-state index in [1.165, 1.54) is 0 Å². The van der Waals surface area contributed by atoms with Crippen molar-refractivity contribution in [3.63, 3.8) is 0 Å². The largest absolute Gasteiger partial charge is 0.292 e. The molecule has 1 aromatic carbocycles. The number of rotatable bonds is 4. The Labute approximate surface area is 133 Å². The SMILES string of the molecule is O=C(Cc1ccnc(-c2ccc(Cl)cc2)c1)c1ccccn1. The maximum absolute atomic E-state index is 12.2. The lowest BCUT2D eigenvalue weighted by Gasteiger charge is -2.05. The molecule has 0 unspecified atom stereocenters. The number of pyridine rings is 2. The molecule has 0 bridgehead atoms. The molecule has 0 aliphatic carbocycles. The van der Waals surface area contributed by atoms with Crippen LogP contribution in [-0.4, -0.2) is 15.8 Å². The lowest BCUT2D eigenvalue weighted by Crippen LogP contribution is -2.05. The first-order chi connectivity index (χ1) is 10.7. The van der Waals surface area contributed by atoms with Crippen molar-refractivity contribution in [3.8, 4) is 11.3 Å². The van der Waals surface area contributed by atoms with Gasteiger partial charge in [-0.25, -0.2) is 0 Å². The van der Waals surface area contributed by atoms with E-state index in [0.29, 0.717) is 17.1 Å². The molecule has 0 N–H and O–H groups in total. The van der Waals surface area contributed by atoms with Crippen LogP contribution in [0.5, 0.6) is 0 Å². The van der Waals surface area contributed by atoms with Gasteiger partial charge in [-0.2, -0.15) is 0 Å². The predicted molar refractivity (Wildman–Crippen MR) is 87.0 cm³/mol. The third-order valence-electron chi connectivity index (χ3n) is 3.28. The van der Waals surface area contributed by atoms with Crippen LogP contribution in [0.2, 0.25) is 5.02 Å². The zero-order valence-electron chi connectivity index (χ0n) is 11.7. The number of benzene rings is 1. The van der Waals surface area contributed by atoms with Gasteiger partial charge >= 0.3 is 0 Å². The van der Waals surface area contributed by atoms with Gasteiger partial charge in [0.15, 0.2) is 5.78 Å². The van der Waals surface area contributed by atoms with E-state index in [2.05, 4.69) is 9.97 Å². The van der Waals surface area contributed by atoms with Gasteiger partial charge in [0.25, 0.3) is 0 Å². The van der Waals surface area contributed by atoms with E-state index in [0.717, 1.165) is 16.8 Å². The molecule has 0 radical (unpaired) electrons. The molecule has 0 saturated carbocycles. The fourth-order valence-electron chi connectivity index (χ4n) is 2.17. The summed E-state index contributed by atoms with van der Waals surface area (Å²) < 4.78 is 0. The van der Waals surface area contributed by atoms with E-state index in [4.69, 9.17) is 11.6 Å². The van der Waals surface area contributed by atoms with Gasteiger partial charge in [-0.15, -0.1) is 0 Å². The Morgan fingerprint density at radius 2 is 1.77 bits per heavy atom. The fraction of sp³-hybridized carbons (Fsp3) is 0.0556. The summed E-state index contributed by atoms with van der Waals surface area (Å²) >= 11 is 5.90. The molecule has 3 rings (SSSR count). The molecule has 0 atom stereocenters. The highest BCUT2D eigenvalue weighted by molar-refractivity contribution is 6.30. The molecule has 0 aliphatic rings. The van der Waals surface area contributed by atoms with Crippen LogP contribution in [0.25, 0.3) is 11.3 Å². The van der Waals surface area contributed by atoms with Gasteiger partial charge in [0, 0.05) is 29.4 Å². The zero-order valence-corrected chi connectivity index (χ0v) is 12.5. The van der Waals surface area contributed by atoms with Crippen molar-refractivity contribution in [3.05, 3.63) is 83.3 Å². The molecule has 4 heteroatoms. The number of Topliss-reactive ketones (excluding diaryl/α,β-unsaturated/α-hetero) is 1. The Bertz CT molecular complexity index is 786. The molecule has 0 fully saturated rings. The van der Waals surface area contributed by atoms with Gasteiger partial charge in [0.05, 0.1) is 5.69 Å². The Hall–Kier alpha value is -2.52. The number of hydrogen-bond acceptors (Lipinski definition) is 3. The third-order valence-corrected chi connectivity index (χ3v) is 3.53. The smallest absolute Gasteiger partial charge is 0.185 e. The number of ketones is 1. The van der Waals surface area contributed by atoms with Crippen LogP contribution in [0.15, 0.2) is 67.0 Å². The highest BCUT2D eigenvalue weighted by Gasteiger charge is 2.09. The molecule has 2 heterocycles. The van der Waals surface area contributed by atoms with Crippen molar-refractivity contribution >= 4 is 17.4 Å². The maximum atomic E-state index is 12.2. The normalized spacial score (nSPS) is 10.4. The van der Waals surface area contributed by atoms with E-state index in [9.17, 15) is 4.79 Å². The summed E-state index contributed by atoms with van der Waals surface area (Å²) in [6, 6.07) is 16.6. The summed E-state index contributed by atoms with van der Waals surface area (Å²) in [5.74, 6) is -0.00569. The van der Waals surface area contributed by atoms with E-state index < -0.39 is 0 Å². The average Bonchev–Trinajstić information content (AvgIpc) is 2.56. The minimum Gasteiger partial charge on any atom is -0.292 e. The third kappa shape index (κ3) is 3.38. The predicted octanol–water partition coefficient (Wildman–Crippen LogP) is 4.22. The second-order valence-corrected chi connectivity index (χ2v) is 5.31. The van der Waals surface area contributed by atoms with Gasteiger partial charge in [-0.05, 0) is 42.0 Å². The molecule has 22 heavy (non-hydrogen) atoms. The molecule has 3 aromatic rings. The molecule has 0 aliphatic heterocycles. The van der Waals surface area contributed by atoms with Crippen molar-refractivity contribution < 1.29 is 4.79 Å². The summed E-state index contributed by atoms with van der Waals surface area (Å²) in [5, 5.41) is 0.685. The van der Waals surface area contributed by atoms with Crippen LogP contribution in [0.4, 0.5) is 0 Å². The van der Waals surface area contributed by atoms with Crippen molar-refractivity contribution in [2.45, 2.75) is 6.42 Å². The van der Waals surface area contributed by atoms with Crippen LogP contribution >= 0.6 is 11.6 Å². The van der Waals surface area contributed by atoms with Gasteiger partial charge in [0.1, 0.15) is 5.69 Å². The average molecular weight is 309 g/mol. The van der Waals surface area contributed by atoms with Gasteiger partial charge in [-0.3, -0.25) is 14.8 Å². The lowest BCUT2D eigenvalue weighted by atomic mass is 10.0. The van der Waals surface area contributed by atoms with Crippen molar-refractivity contribution in [2.24, 2.45) is 0 Å². The highest BCUT2D eigenvalue weighted by atomic mass is 35.5. The Balaban J connectivity index is 1.82. The minimum absolute atomic E-state index is 0.00569. The second-order valence-electron chi connectivity index (χ2n) is 4.87. The summed E-state index contributed by atoms with van der Waals surface area (Å²) in [7, 11) is 0. The number of nitrogens with zero attached hydrogens (tertiary/aromatic N) is 2. The summed E-state index contributed by atoms with van der Waals surface area (Å²) in [6.07, 6.45) is 3.64. The van der Waals surface area contributed by atoms with Crippen LogP contribution in [-0.2, 0) is 6.42 Å². The van der Waals surface area contributed by atoms with E-state index in [1.807, 2.05) is 42.5 Å². The van der Waals surface area contributed by atoms with E-state index in [1.54, 1.807) is 24.5 Å². The van der Waals surface area contributed by atoms with Crippen LogP contribution in [0, 0.1) is 0 Å². The number of aromatic nitrogens is 2. The quantitative estimate of drug-likeness (QED) is 0.678. The van der Waals surface area contributed by atoms with Gasteiger partial charge in [-0.1, -0.05) is 29.8 Å². The Morgan fingerprint density at radius 3 is 2.50 bits per heavy atom. The van der Waals surface area contributed by atoms with Crippen LogP contribution in [0.3, 0.4) is 0 Å². The van der Waals surface area contributed by atoms with Crippen molar-refractivity contribution in [1.82, 2.24) is 9.97 Å². The first-order valence-electron chi connectivity index (χ1n) is 6.87. The molecule has 0 saturated heterocycles. The van der Waals surface area contributed by atoms with E-state index >= 15 is 0 Å². The van der Waals surface area contributed by atoms with Gasteiger partial charge in [0.2, 0.25) is 0 Å². The summed E-state index contributed by atoms with van der Waals surface area (Å²) in [6.45, 7) is 0. The number of carbonyl (C=O) groups excluding carboxylic acids is 1. The lowest BCUT2D eigenvalue weighted by molar-refractivity contribution is 0.0988. The zero-order chi connectivity index (χ0) is 15.4. The molecular formula is C18H13ClN2O.